The van der Waals surface area contributed by atoms with Gasteiger partial charge < -0.3 is 9.47 Å². The highest BCUT2D eigenvalue weighted by Gasteiger charge is 2.28. The zero-order chi connectivity index (χ0) is 13.1. The van der Waals surface area contributed by atoms with Gasteiger partial charge >= 0.3 is 0 Å². The molecule has 17 heavy (non-hydrogen) atoms. The van der Waals surface area contributed by atoms with Crippen LogP contribution in [0.1, 0.15) is 32.4 Å². The molecule has 0 aliphatic rings. The quantitative estimate of drug-likeness (QED) is 0.624. The van der Waals surface area contributed by atoms with Crippen molar-refractivity contribution in [3.8, 4) is 11.5 Å². The smallest absolute Gasteiger partial charge is 0.123 e. The molecule has 4 heteroatoms. The van der Waals surface area contributed by atoms with Crippen molar-refractivity contribution in [1.29, 1.82) is 0 Å². The summed E-state index contributed by atoms with van der Waals surface area (Å²) in [6, 6.07) is 5.71. The molecule has 1 aromatic rings. The Labute approximate surface area is 103 Å². The van der Waals surface area contributed by atoms with E-state index in [1.54, 1.807) is 14.2 Å². The molecule has 0 aromatic heterocycles. The fourth-order valence-corrected chi connectivity index (χ4v) is 1.87. The second-order valence-corrected chi connectivity index (χ2v) is 5.07. The van der Waals surface area contributed by atoms with E-state index in [2.05, 4.69) is 26.2 Å². The van der Waals surface area contributed by atoms with Crippen molar-refractivity contribution in [3.05, 3.63) is 23.8 Å². The number of hydrogen-bond donors (Lipinski definition) is 2. The Balaban J connectivity index is 3.25. The van der Waals surface area contributed by atoms with Gasteiger partial charge in [-0.05, 0) is 23.6 Å². The van der Waals surface area contributed by atoms with Crippen molar-refractivity contribution < 1.29 is 9.47 Å². The zero-order valence-corrected chi connectivity index (χ0v) is 11.2. The molecular formula is C13H22N2O2. The number of hydrogen-bond acceptors (Lipinski definition) is 4. The highest BCUT2D eigenvalue weighted by molar-refractivity contribution is 5.42. The van der Waals surface area contributed by atoms with Gasteiger partial charge in [0.25, 0.3) is 0 Å². The molecular weight excluding hydrogens is 216 g/mol. The molecule has 0 radical (unpaired) electrons. The summed E-state index contributed by atoms with van der Waals surface area (Å²) in [5.41, 5.74) is 3.83. The standard InChI is InChI=1S/C13H22N2O2/c1-13(2,3)12(15-14)10-8-9(16-4)6-7-11(10)17-5/h6-8,12,15H,14H2,1-5H3. The summed E-state index contributed by atoms with van der Waals surface area (Å²) >= 11 is 0. The Kier molecular flexibility index (Phi) is 4.37. The third kappa shape index (κ3) is 3.11. The Morgan fingerprint density at radius 1 is 1.18 bits per heavy atom. The van der Waals surface area contributed by atoms with E-state index in [9.17, 15) is 0 Å². The van der Waals surface area contributed by atoms with Gasteiger partial charge in [0.05, 0.1) is 20.3 Å². The Hall–Kier alpha value is -1.26. The van der Waals surface area contributed by atoms with Gasteiger partial charge in [-0.3, -0.25) is 11.3 Å². The molecule has 96 valence electrons. The molecule has 1 aromatic carbocycles. The summed E-state index contributed by atoms with van der Waals surface area (Å²) in [5, 5.41) is 0. The number of nitrogens with one attached hydrogen (secondary N) is 1. The monoisotopic (exact) mass is 238 g/mol. The van der Waals surface area contributed by atoms with E-state index in [-0.39, 0.29) is 11.5 Å². The lowest BCUT2D eigenvalue weighted by Crippen LogP contribution is -2.37. The van der Waals surface area contributed by atoms with Crippen molar-refractivity contribution in [2.24, 2.45) is 11.3 Å². The third-order valence-corrected chi connectivity index (χ3v) is 2.78. The summed E-state index contributed by atoms with van der Waals surface area (Å²) in [6.07, 6.45) is 0. The second kappa shape index (κ2) is 5.38. The van der Waals surface area contributed by atoms with Crippen LogP contribution in [0.4, 0.5) is 0 Å². The predicted molar refractivity (Wildman–Crippen MR) is 69.1 cm³/mol. The van der Waals surface area contributed by atoms with E-state index in [1.165, 1.54) is 0 Å². The largest absolute Gasteiger partial charge is 0.497 e. The van der Waals surface area contributed by atoms with Crippen LogP contribution >= 0.6 is 0 Å². The van der Waals surface area contributed by atoms with E-state index < -0.39 is 0 Å². The number of ether oxygens (including phenoxy) is 2. The molecule has 0 saturated carbocycles. The van der Waals surface area contributed by atoms with Gasteiger partial charge in [0.15, 0.2) is 0 Å². The maximum atomic E-state index is 5.66. The molecule has 1 atom stereocenters. The van der Waals surface area contributed by atoms with E-state index in [0.717, 1.165) is 17.1 Å². The maximum absolute atomic E-state index is 5.66. The molecule has 4 nitrogen and oxygen atoms in total. The van der Waals surface area contributed by atoms with Gasteiger partial charge in [-0.2, -0.15) is 0 Å². The minimum Gasteiger partial charge on any atom is -0.497 e. The summed E-state index contributed by atoms with van der Waals surface area (Å²) in [5.74, 6) is 7.27. The van der Waals surface area contributed by atoms with Crippen molar-refractivity contribution in [3.63, 3.8) is 0 Å². The molecule has 0 aliphatic heterocycles. The first kappa shape index (κ1) is 13.8. The Morgan fingerprint density at radius 2 is 1.82 bits per heavy atom. The minimum atomic E-state index is -0.0194. The van der Waals surface area contributed by atoms with Crippen LogP contribution in [0.2, 0.25) is 0 Å². The first-order valence-corrected chi connectivity index (χ1v) is 5.62. The summed E-state index contributed by atoms with van der Waals surface area (Å²) in [4.78, 5) is 0. The summed E-state index contributed by atoms with van der Waals surface area (Å²) in [7, 11) is 3.30. The first-order valence-electron chi connectivity index (χ1n) is 5.62. The lowest BCUT2D eigenvalue weighted by atomic mass is 9.82. The van der Waals surface area contributed by atoms with Gasteiger partial charge in [-0.25, -0.2) is 0 Å². The van der Waals surface area contributed by atoms with Crippen molar-refractivity contribution in [2.75, 3.05) is 14.2 Å². The molecule has 0 aliphatic carbocycles. The van der Waals surface area contributed by atoms with Crippen molar-refractivity contribution >= 4 is 0 Å². The van der Waals surface area contributed by atoms with E-state index in [4.69, 9.17) is 15.3 Å². The average molecular weight is 238 g/mol. The molecule has 1 rings (SSSR count). The zero-order valence-electron chi connectivity index (χ0n) is 11.2. The SMILES string of the molecule is COc1ccc(OC)c(C(NN)C(C)(C)C)c1. The van der Waals surface area contributed by atoms with Gasteiger partial charge in [0.2, 0.25) is 0 Å². The van der Waals surface area contributed by atoms with Crippen LogP contribution in [0.5, 0.6) is 11.5 Å². The number of hydrazine groups is 1. The molecule has 0 bridgehead atoms. The molecule has 0 heterocycles. The average Bonchev–Trinajstić information content (AvgIpc) is 2.28. The number of benzene rings is 1. The predicted octanol–water partition coefficient (Wildman–Crippen LogP) is 2.25. The van der Waals surface area contributed by atoms with Crippen molar-refractivity contribution in [1.82, 2.24) is 5.43 Å². The third-order valence-electron chi connectivity index (χ3n) is 2.78. The van der Waals surface area contributed by atoms with E-state index in [0.29, 0.717) is 0 Å². The van der Waals surface area contributed by atoms with Gasteiger partial charge in [-0.15, -0.1) is 0 Å². The molecule has 0 spiro atoms. The number of nitrogens with two attached hydrogens (primary N) is 1. The van der Waals surface area contributed by atoms with Gasteiger partial charge in [-0.1, -0.05) is 20.8 Å². The normalized spacial score (nSPS) is 13.3. The fourth-order valence-electron chi connectivity index (χ4n) is 1.87. The van der Waals surface area contributed by atoms with Crippen LogP contribution in [0.3, 0.4) is 0 Å². The first-order chi connectivity index (χ1) is 7.93. The van der Waals surface area contributed by atoms with Crippen molar-refractivity contribution in [2.45, 2.75) is 26.8 Å². The topological polar surface area (TPSA) is 56.5 Å². The van der Waals surface area contributed by atoms with Crippen LogP contribution < -0.4 is 20.7 Å². The fraction of sp³-hybridized carbons (Fsp3) is 0.538. The highest BCUT2D eigenvalue weighted by Crippen LogP contribution is 2.38. The molecule has 0 saturated heterocycles. The summed E-state index contributed by atoms with van der Waals surface area (Å²) < 4.78 is 10.6. The second-order valence-electron chi connectivity index (χ2n) is 5.07. The Bertz CT molecular complexity index is 372. The van der Waals surface area contributed by atoms with E-state index in [1.807, 2.05) is 18.2 Å². The molecule has 0 amide bonds. The van der Waals surface area contributed by atoms with Crippen LogP contribution in [0, 0.1) is 5.41 Å². The van der Waals surface area contributed by atoms with Crippen LogP contribution in [-0.2, 0) is 0 Å². The number of rotatable bonds is 4. The van der Waals surface area contributed by atoms with Crippen LogP contribution in [0.25, 0.3) is 0 Å². The van der Waals surface area contributed by atoms with E-state index >= 15 is 0 Å². The van der Waals surface area contributed by atoms with Crippen LogP contribution in [0.15, 0.2) is 18.2 Å². The maximum Gasteiger partial charge on any atom is 0.123 e. The Morgan fingerprint density at radius 3 is 2.24 bits per heavy atom. The highest BCUT2D eigenvalue weighted by atomic mass is 16.5. The molecule has 1 unspecified atom stereocenters. The molecule has 3 N–H and O–H groups in total. The lowest BCUT2D eigenvalue weighted by Gasteiger charge is -2.31. The molecule has 0 fully saturated rings. The lowest BCUT2D eigenvalue weighted by molar-refractivity contribution is 0.266. The van der Waals surface area contributed by atoms with Crippen LogP contribution in [-0.4, -0.2) is 14.2 Å². The summed E-state index contributed by atoms with van der Waals surface area (Å²) in [6.45, 7) is 6.36. The minimum absolute atomic E-state index is 0.00690. The van der Waals surface area contributed by atoms with Gasteiger partial charge in [0, 0.05) is 5.56 Å². The number of methoxy groups -OCH3 is 2. The van der Waals surface area contributed by atoms with Gasteiger partial charge in [0.1, 0.15) is 11.5 Å².